The minimum atomic E-state index is -0.352. The molecule has 3 rings (SSSR count). The number of hydrogen-bond acceptors (Lipinski definition) is 2. The first-order valence-electron chi connectivity index (χ1n) is 6.56. The fraction of sp³-hybridized carbons (Fsp3) is 0.0588. The van der Waals surface area contributed by atoms with E-state index in [9.17, 15) is 9.18 Å². The lowest BCUT2D eigenvalue weighted by atomic mass is 10.1. The van der Waals surface area contributed by atoms with Gasteiger partial charge in [-0.1, -0.05) is 30.3 Å². The number of para-hydroxylation sites is 1. The van der Waals surface area contributed by atoms with E-state index < -0.39 is 0 Å². The molecule has 0 amide bonds. The van der Waals surface area contributed by atoms with Crippen molar-refractivity contribution in [2.24, 2.45) is 0 Å². The first-order valence-corrected chi connectivity index (χ1v) is 6.56. The number of benzene rings is 2. The SMILES string of the molecule is Cc1ccccc1-n1cc(C=O)c(-c2cccc(F)c2)n1. The van der Waals surface area contributed by atoms with Crippen molar-refractivity contribution in [2.75, 3.05) is 0 Å². The molecular formula is C17H13FN2O. The van der Waals surface area contributed by atoms with Crippen molar-refractivity contribution in [1.29, 1.82) is 0 Å². The van der Waals surface area contributed by atoms with Gasteiger partial charge in [-0.05, 0) is 30.7 Å². The van der Waals surface area contributed by atoms with Crippen molar-refractivity contribution < 1.29 is 9.18 Å². The Bertz CT molecular complexity index is 808. The number of hydrogen-bond donors (Lipinski definition) is 0. The third-order valence-electron chi connectivity index (χ3n) is 3.33. The third kappa shape index (κ3) is 2.48. The first-order chi connectivity index (χ1) is 10.2. The molecule has 21 heavy (non-hydrogen) atoms. The van der Waals surface area contributed by atoms with E-state index in [-0.39, 0.29) is 5.82 Å². The summed E-state index contributed by atoms with van der Waals surface area (Å²) in [7, 11) is 0. The Morgan fingerprint density at radius 1 is 1.14 bits per heavy atom. The molecule has 0 bridgehead atoms. The van der Waals surface area contributed by atoms with Gasteiger partial charge in [-0.25, -0.2) is 9.07 Å². The molecule has 0 aliphatic rings. The van der Waals surface area contributed by atoms with Crippen LogP contribution in [0.3, 0.4) is 0 Å². The van der Waals surface area contributed by atoms with Gasteiger partial charge in [0.05, 0.1) is 11.3 Å². The maximum Gasteiger partial charge on any atom is 0.153 e. The predicted octanol–water partition coefficient (Wildman–Crippen LogP) is 3.80. The normalized spacial score (nSPS) is 10.6. The Labute approximate surface area is 121 Å². The maximum atomic E-state index is 13.4. The van der Waals surface area contributed by atoms with Crippen molar-refractivity contribution in [2.45, 2.75) is 6.92 Å². The summed E-state index contributed by atoms with van der Waals surface area (Å²) in [6, 6.07) is 13.8. The second kappa shape index (κ2) is 5.32. The Morgan fingerprint density at radius 3 is 2.67 bits per heavy atom. The van der Waals surface area contributed by atoms with Gasteiger partial charge in [-0.3, -0.25) is 4.79 Å². The number of nitrogens with zero attached hydrogens (tertiary/aromatic N) is 2. The van der Waals surface area contributed by atoms with Crippen molar-refractivity contribution >= 4 is 6.29 Å². The smallest absolute Gasteiger partial charge is 0.153 e. The average Bonchev–Trinajstić information content (AvgIpc) is 2.92. The maximum absolute atomic E-state index is 13.4. The van der Waals surface area contributed by atoms with E-state index in [1.54, 1.807) is 23.0 Å². The Balaban J connectivity index is 2.15. The molecule has 0 aliphatic heterocycles. The minimum absolute atomic E-state index is 0.352. The zero-order chi connectivity index (χ0) is 14.8. The molecule has 4 heteroatoms. The third-order valence-corrected chi connectivity index (χ3v) is 3.33. The van der Waals surface area contributed by atoms with Crippen molar-refractivity contribution in [3.8, 4) is 16.9 Å². The molecule has 2 aromatic carbocycles. The molecule has 3 aromatic rings. The van der Waals surface area contributed by atoms with Crippen LogP contribution in [0.15, 0.2) is 54.7 Å². The van der Waals surface area contributed by atoms with E-state index >= 15 is 0 Å². The average molecular weight is 280 g/mol. The van der Waals surface area contributed by atoms with Crippen LogP contribution in [0.25, 0.3) is 16.9 Å². The van der Waals surface area contributed by atoms with Gasteiger partial charge < -0.3 is 0 Å². The van der Waals surface area contributed by atoms with Crippen LogP contribution in [0, 0.1) is 12.7 Å². The number of halogens is 1. The van der Waals surface area contributed by atoms with Gasteiger partial charge in [0.1, 0.15) is 11.5 Å². The quantitative estimate of drug-likeness (QED) is 0.684. The molecule has 3 nitrogen and oxygen atoms in total. The monoisotopic (exact) mass is 280 g/mol. The van der Waals surface area contributed by atoms with E-state index in [1.165, 1.54) is 12.1 Å². The number of aromatic nitrogens is 2. The molecule has 0 spiro atoms. The number of carbonyl (C=O) groups is 1. The molecule has 0 N–H and O–H groups in total. The van der Waals surface area contributed by atoms with E-state index in [1.807, 2.05) is 31.2 Å². The fourth-order valence-corrected chi connectivity index (χ4v) is 2.28. The zero-order valence-electron chi connectivity index (χ0n) is 11.5. The summed E-state index contributed by atoms with van der Waals surface area (Å²) in [5.41, 5.74) is 3.44. The molecule has 0 fully saturated rings. The van der Waals surface area contributed by atoms with Crippen LogP contribution >= 0.6 is 0 Å². The molecule has 104 valence electrons. The fourth-order valence-electron chi connectivity index (χ4n) is 2.28. The first kappa shape index (κ1) is 13.2. The molecule has 0 unspecified atom stereocenters. The van der Waals surface area contributed by atoms with Gasteiger partial charge >= 0.3 is 0 Å². The van der Waals surface area contributed by atoms with Crippen LogP contribution in [0.5, 0.6) is 0 Å². The second-order valence-corrected chi connectivity index (χ2v) is 4.79. The summed E-state index contributed by atoms with van der Waals surface area (Å²) in [4.78, 5) is 11.3. The van der Waals surface area contributed by atoms with Gasteiger partial charge in [0.25, 0.3) is 0 Å². The summed E-state index contributed by atoms with van der Waals surface area (Å²) in [6.45, 7) is 1.97. The number of rotatable bonds is 3. The second-order valence-electron chi connectivity index (χ2n) is 4.79. The molecular weight excluding hydrogens is 267 g/mol. The Morgan fingerprint density at radius 2 is 1.95 bits per heavy atom. The van der Waals surface area contributed by atoms with Gasteiger partial charge in [0, 0.05) is 11.8 Å². The van der Waals surface area contributed by atoms with E-state index in [0.29, 0.717) is 16.8 Å². The summed E-state index contributed by atoms with van der Waals surface area (Å²) in [5, 5.41) is 4.44. The van der Waals surface area contributed by atoms with E-state index in [0.717, 1.165) is 17.5 Å². The van der Waals surface area contributed by atoms with Crippen LogP contribution in [0.2, 0.25) is 0 Å². The number of aldehydes is 1. The highest BCUT2D eigenvalue weighted by molar-refractivity contribution is 5.85. The predicted molar refractivity (Wildman–Crippen MR) is 79.1 cm³/mol. The highest BCUT2D eigenvalue weighted by Gasteiger charge is 2.13. The van der Waals surface area contributed by atoms with Crippen LogP contribution in [0.1, 0.15) is 15.9 Å². The Hall–Kier alpha value is -2.75. The zero-order valence-corrected chi connectivity index (χ0v) is 11.5. The minimum Gasteiger partial charge on any atom is -0.298 e. The van der Waals surface area contributed by atoms with Crippen LogP contribution in [-0.2, 0) is 0 Å². The van der Waals surface area contributed by atoms with Crippen molar-refractivity contribution in [3.63, 3.8) is 0 Å². The highest BCUT2D eigenvalue weighted by atomic mass is 19.1. The van der Waals surface area contributed by atoms with Crippen LogP contribution < -0.4 is 0 Å². The summed E-state index contributed by atoms with van der Waals surface area (Å²) in [5.74, 6) is -0.352. The van der Waals surface area contributed by atoms with Crippen LogP contribution in [-0.4, -0.2) is 16.1 Å². The number of aryl methyl sites for hydroxylation is 1. The van der Waals surface area contributed by atoms with E-state index in [4.69, 9.17) is 0 Å². The van der Waals surface area contributed by atoms with Gasteiger partial charge in [-0.15, -0.1) is 0 Å². The molecule has 0 saturated carbocycles. The topological polar surface area (TPSA) is 34.9 Å². The summed E-state index contributed by atoms with van der Waals surface area (Å²) in [6.07, 6.45) is 2.40. The van der Waals surface area contributed by atoms with Crippen molar-refractivity contribution in [3.05, 3.63) is 71.7 Å². The molecule has 0 radical (unpaired) electrons. The molecule has 1 aromatic heterocycles. The van der Waals surface area contributed by atoms with Gasteiger partial charge in [0.2, 0.25) is 0 Å². The van der Waals surface area contributed by atoms with E-state index in [2.05, 4.69) is 5.10 Å². The number of carbonyl (C=O) groups excluding carboxylic acids is 1. The van der Waals surface area contributed by atoms with Gasteiger partial charge in [-0.2, -0.15) is 5.10 Å². The highest BCUT2D eigenvalue weighted by Crippen LogP contribution is 2.24. The molecule has 0 atom stereocenters. The molecule has 1 heterocycles. The standard InChI is InChI=1S/C17H13FN2O/c1-12-5-2-3-8-16(12)20-10-14(11-21)17(19-20)13-6-4-7-15(18)9-13/h2-11H,1H3. The van der Waals surface area contributed by atoms with Crippen molar-refractivity contribution in [1.82, 2.24) is 9.78 Å². The molecule has 0 saturated heterocycles. The summed E-state index contributed by atoms with van der Waals surface area (Å²) >= 11 is 0. The molecule has 0 aliphatic carbocycles. The Kier molecular flexibility index (Phi) is 3.36. The van der Waals surface area contributed by atoms with Gasteiger partial charge in [0.15, 0.2) is 6.29 Å². The lowest BCUT2D eigenvalue weighted by Gasteiger charge is -2.04. The lowest BCUT2D eigenvalue weighted by molar-refractivity contribution is 0.112. The lowest BCUT2D eigenvalue weighted by Crippen LogP contribution is -1.97. The van der Waals surface area contributed by atoms with Crippen LogP contribution in [0.4, 0.5) is 4.39 Å². The largest absolute Gasteiger partial charge is 0.298 e. The summed E-state index contributed by atoms with van der Waals surface area (Å²) < 4.78 is 15.0.